The Balaban J connectivity index is 1.96. The van der Waals surface area contributed by atoms with E-state index in [0.29, 0.717) is 17.1 Å². The molecular formula is C23H24N2O5S. The highest BCUT2D eigenvalue weighted by atomic mass is 32.2. The number of ether oxygens (including phenoxy) is 2. The van der Waals surface area contributed by atoms with E-state index in [1.165, 1.54) is 32.4 Å². The highest BCUT2D eigenvalue weighted by Crippen LogP contribution is 2.32. The molecule has 0 atom stereocenters. The Morgan fingerprint density at radius 1 is 0.903 bits per heavy atom. The second-order valence-corrected chi connectivity index (χ2v) is 8.64. The number of para-hydroxylation sites is 1. The number of anilines is 2. The molecule has 0 bridgehead atoms. The molecule has 0 unspecified atom stereocenters. The van der Waals surface area contributed by atoms with E-state index in [1.807, 2.05) is 25.1 Å². The summed E-state index contributed by atoms with van der Waals surface area (Å²) in [6.07, 6.45) is 0. The molecule has 7 nitrogen and oxygen atoms in total. The van der Waals surface area contributed by atoms with Crippen LogP contribution < -0.4 is 19.1 Å². The lowest BCUT2D eigenvalue weighted by Gasteiger charge is -2.24. The molecule has 162 valence electrons. The van der Waals surface area contributed by atoms with E-state index in [0.717, 1.165) is 9.87 Å². The van der Waals surface area contributed by atoms with Gasteiger partial charge < -0.3 is 14.8 Å². The molecule has 0 aromatic heterocycles. The van der Waals surface area contributed by atoms with Crippen molar-refractivity contribution in [2.24, 2.45) is 0 Å². The van der Waals surface area contributed by atoms with E-state index in [2.05, 4.69) is 5.32 Å². The molecule has 0 heterocycles. The summed E-state index contributed by atoms with van der Waals surface area (Å²) in [6.45, 7) is 1.52. The van der Waals surface area contributed by atoms with Crippen molar-refractivity contribution in [1.82, 2.24) is 0 Å². The molecule has 3 aromatic carbocycles. The standard InChI is InChI=1S/C23H24N2O5S/c1-17-8-7-9-18(14-17)24-23(26)16-25(19-10-5-4-6-11-19)31(27,28)20-12-13-21(29-2)22(15-20)30-3/h4-15H,16H2,1-3H3,(H,24,26). The van der Waals surface area contributed by atoms with Gasteiger partial charge in [-0.15, -0.1) is 0 Å². The molecule has 0 spiro atoms. The van der Waals surface area contributed by atoms with Gasteiger partial charge in [0, 0.05) is 11.8 Å². The van der Waals surface area contributed by atoms with Crippen molar-refractivity contribution in [2.45, 2.75) is 11.8 Å². The van der Waals surface area contributed by atoms with Gasteiger partial charge in [0.25, 0.3) is 10.0 Å². The summed E-state index contributed by atoms with van der Waals surface area (Å²) in [5.41, 5.74) is 1.95. The van der Waals surface area contributed by atoms with E-state index in [4.69, 9.17) is 9.47 Å². The first kappa shape index (κ1) is 22.2. The van der Waals surface area contributed by atoms with Gasteiger partial charge in [-0.1, -0.05) is 30.3 Å². The fourth-order valence-electron chi connectivity index (χ4n) is 3.07. The van der Waals surface area contributed by atoms with Crippen LogP contribution in [0.25, 0.3) is 0 Å². The minimum Gasteiger partial charge on any atom is -0.493 e. The van der Waals surface area contributed by atoms with Crippen molar-refractivity contribution in [3.63, 3.8) is 0 Å². The van der Waals surface area contributed by atoms with Gasteiger partial charge in [0.15, 0.2) is 11.5 Å². The highest BCUT2D eigenvalue weighted by Gasteiger charge is 2.28. The summed E-state index contributed by atoms with van der Waals surface area (Å²) in [6, 6.07) is 20.1. The predicted molar refractivity (Wildman–Crippen MR) is 120 cm³/mol. The Morgan fingerprint density at radius 2 is 1.61 bits per heavy atom. The third kappa shape index (κ3) is 5.16. The smallest absolute Gasteiger partial charge is 0.264 e. The molecule has 1 N–H and O–H groups in total. The van der Waals surface area contributed by atoms with Gasteiger partial charge in [0.1, 0.15) is 6.54 Å². The van der Waals surface area contributed by atoms with Gasteiger partial charge in [-0.2, -0.15) is 0 Å². The SMILES string of the molecule is COc1ccc(S(=O)(=O)N(CC(=O)Nc2cccc(C)c2)c2ccccc2)cc1OC. The highest BCUT2D eigenvalue weighted by molar-refractivity contribution is 7.92. The largest absolute Gasteiger partial charge is 0.493 e. The van der Waals surface area contributed by atoms with Gasteiger partial charge in [0.2, 0.25) is 5.91 Å². The molecule has 0 aliphatic carbocycles. The van der Waals surface area contributed by atoms with Crippen molar-refractivity contribution >= 4 is 27.3 Å². The van der Waals surface area contributed by atoms with Gasteiger partial charge in [-0.25, -0.2) is 8.42 Å². The van der Waals surface area contributed by atoms with Crippen molar-refractivity contribution in [2.75, 3.05) is 30.4 Å². The zero-order valence-electron chi connectivity index (χ0n) is 17.5. The third-order valence-electron chi connectivity index (χ3n) is 4.58. The second kappa shape index (κ2) is 9.53. The zero-order valence-corrected chi connectivity index (χ0v) is 18.3. The normalized spacial score (nSPS) is 10.9. The molecular weight excluding hydrogens is 416 g/mol. The lowest BCUT2D eigenvalue weighted by Crippen LogP contribution is -2.38. The molecule has 0 saturated carbocycles. The first-order valence-corrected chi connectivity index (χ1v) is 11.0. The lowest BCUT2D eigenvalue weighted by molar-refractivity contribution is -0.114. The summed E-state index contributed by atoms with van der Waals surface area (Å²) in [7, 11) is -1.17. The summed E-state index contributed by atoms with van der Waals surface area (Å²) in [4.78, 5) is 12.7. The molecule has 1 amide bonds. The second-order valence-electron chi connectivity index (χ2n) is 6.78. The number of carbonyl (C=O) groups is 1. The average molecular weight is 441 g/mol. The van der Waals surface area contributed by atoms with Crippen LogP contribution in [0.2, 0.25) is 0 Å². The van der Waals surface area contributed by atoms with Crippen LogP contribution in [0.5, 0.6) is 11.5 Å². The summed E-state index contributed by atoms with van der Waals surface area (Å²) < 4.78 is 38.5. The fraction of sp³-hybridized carbons (Fsp3) is 0.174. The number of amides is 1. The van der Waals surface area contributed by atoms with Crippen LogP contribution in [0.1, 0.15) is 5.56 Å². The van der Waals surface area contributed by atoms with Crippen molar-refractivity contribution in [3.8, 4) is 11.5 Å². The third-order valence-corrected chi connectivity index (χ3v) is 6.35. The van der Waals surface area contributed by atoms with E-state index in [9.17, 15) is 13.2 Å². The number of nitrogens with one attached hydrogen (secondary N) is 1. The Kier molecular flexibility index (Phi) is 6.81. The van der Waals surface area contributed by atoms with Crippen LogP contribution in [0, 0.1) is 6.92 Å². The van der Waals surface area contributed by atoms with Crippen LogP contribution in [-0.2, 0) is 14.8 Å². The molecule has 0 fully saturated rings. The lowest BCUT2D eigenvalue weighted by atomic mass is 10.2. The van der Waals surface area contributed by atoms with Gasteiger partial charge >= 0.3 is 0 Å². The maximum atomic E-state index is 13.5. The van der Waals surface area contributed by atoms with E-state index in [-0.39, 0.29) is 10.6 Å². The van der Waals surface area contributed by atoms with E-state index in [1.54, 1.807) is 36.4 Å². The first-order valence-electron chi connectivity index (χ1n) is 9.51. The van der Waals surface area contributed by atoms with Crippen LogP contribution >= 0.6 is 0 Å². The molecule has 3 aromatic rings. The van der Waals surface area contributed by atoms with Crippen molar-refractivity contribution in [3.05, 3.63) is 78.4 Å². The molecule has 0 saturated heterocycles. The predicted octanol–water partition coefficient (Wildman–Crippen LogP) is 3.85. The minimum absolute atomic E-state index is 0.0163. The number of hydrogen-bond donors (Lipinski definition) is 1. The maximum absolute atomic E-state index is 13.5. The van der Waals surface area contributed by atoms with Crippen molar-refractivity contribution < 1.29 is 22.7 Å². The Labute approximate surface area is 182 Å². The quantitative estimate of drug-likeness (QED) is 0.575. The number of rotatable bonds is 8. The van der Waals surface area contributed by atoms with Crippen LogP contribution in [0.15, 0.2) is 77.7 Å². The molecule has 0 radical (unpaired) electrons. The van der Waals surface area contributed by atoms with Crippen LogP contribution in [-0.4, -0.2) is 35.1 Å². The maximum Gasteiger partial charge on any atom is 0.264 e. The number of sulfonamides is 1. The minimum atomic E-state index is -4.07. The molecule has 31 heavy (non-hydrogen) atoms. The van der Waals surface area contributed by atoms with E-state index < -0.39 is 22.5 Å². The van der Waals surface area contributed by atoms with Crippen LogP contribution in [0.4, 0.5) is 11.4 Å². The van der Waals surface area contributed by atoms with Crippen molar-refractivity contribution in [1.29, 1.82) is 0 Å². The summed E-state index contributed by atoms with van der Waals surface area (Å²) in [5, 5.41) is 2.76. The fourth-order valence-corrected chi connectivity index (χ4v) is 4.50. The Hall–Kier alpha value is -3.52. The summed E-state index contributed by atoms with van der Waals surface area (Å²) >= 11 is 0. The number of benzene rings is 3. The van der Waals surface area contributed by atoms with Gasteiger partial charge in [-0.3, -0.25) is 9.10 Å². The van der Waals surface area contributed by atoms with Crippen LogP contribution in [0.3, 0.4) is 0 Å². The molecule has 8 heteroatoms. The van der Waals surface area contributed by atoms with Gasteiger partial charge in [0.05, 0.1) is 24.8 Å². The van der Waals surface area contributed by atoms with Gasteiger partial charge in [-0.05, 0) is 48.9 Å². The number of methoxy groups -OCH3 is 2. The molecule has 3 rings (SSSR count). The number of hydrogen-bond acceptors (Lipinski definition) is 5. The molecule has 0 aliphatic rings. The average Bonchev–Trinajstić information content (AvgIpc) is 2.77. The van der Waals surface area contributed by atoms with E-state index >= 15 is 0 Å². The topological polar surface area (TPSA) is 84.9 Å². The first-order chi connectivity index (χ1) is 14.8. The molecule has 0 aliphatic heterocycles. The Morgan fingerprint density at radius 3 is 2.26 bits per heavy atom. The Bertz CT molecular complexity index is 1160. The zero-order chi connectivity index (χ0) is 22.4. The number of aryl methyl sites for hydroxylation is 1. The number of nitrogens with zero attached hydrogens (tertiary/aromatic N) is 1. The monoisotopic (exact) mass is 440 g/mol. The number of carbonyl (C=O) groups excluding carboxylic acids is 1. The summed E-state index contributed by atoms with van der Waals surface area (Å²) in [5.74, 6) is 0.226.